The Kier molecular flexibility index (Phi) is 2.10. The van der Waals surface area contributed by atoms with E-state index >= 15 is 0 Å². The first-order valence-corrected chi connectivity index (χ1v) is 5.03. The first-order valence-electron chi connectivity index (χ1n) is 5.03. The Bertz CT molecular complexity index is 375. The third-order valence-electron chi connectivity index (χ3n) is 3.36. The molecule has 0 N–H and O–H groups in total. The van der Waals surface area contributed by atoms with Crippen LogP contribution in [0.3, 0.4) is 0 Å². The van der Waals surface area contributed by atoms with E-state index in [9.17, 15) is 0 Å². The number of benzene rings is 1. The van der Waals surface area contributed by atoms with Gasteiger partial charge < -0.3 is 4.74 Å². The molecule has 0 unspecified atom stereocenters. The standard InChI is InChI=1S/C13H16O/c1-8-9(2)11(4)13-12(10(8)3)6-5-7-14-13/h5,7H,6H2,1-4H3. The Morgan fingerprint density at radius 2 is 1.57 bits per heavy atom. The van der Waals surface area contributed by atoms with Crippen molar-refractivity contribution in [3.63, 3.8) is 0 Å². The second-order valence-corrected chi connectivity index (χ2v) is 4.00. The van der Waals surface area contributed by atoms with Crippen molar-refractivity contribution in [3.05, 3.63) is 40.2 Å². The van der Waals surface area contributed by atoms with Gasteiger partial charge in [-0.1, -0.05) is 0 Å². The lowest BCUT2D eigenvalue weighted by molar-refractivity contribution is 0.459. The van der Waals surface area contributed by atoms with E-state index in [0.717, 1.165) is 12.2 Å². The van der Waals surface area contributed by atoms with E-state index in [4.69, 9.17) is 4.74 Å². The summed E-state index contributed by atoms with van der Waals surface area (Å²) in [6, 6.07) is 0. The van der Waals surface area contributed by atoms with Crippen molar-refractivity contribution in [1.29, 1.82) is 0 Å². The Labute approximate surface area is 85.4 Å². The van der Waals surface area contributed by atoms with Crippen LogP contribution in [0.15, 0.2) is 12.3 Å². The van der Waals surface area contributed by atoms with E-state index in [1.807, 2.05) is 0 Å². The molecule has 0 aliphatic carbocycles. The summed E-state index contributed by atoms with van der Waals surface area (Å²) < 4.78 is 5.59. The second-order valence-electron chi connectivity index (χ2n) is 4.00. The molecule has 1 aromatic rings. The smallest absolute Gasteiger partial charge is 0.133 e. The van der Waals surface area contributed by atoms with Crippen LogP contribution >= 0.6 is 0 Å². The van der Waals surface area contributed by atoms with Gasteiger partial charge in [-0.05, 0) is 62.4 Å². The molecule has 0 radical (unpaired) electrons. The summed E-state index contributed by atoms with van der Waals surface area (Å²) in [4.78, 5) is 0. The Hall–Kier alpha value is -1.24. The van der Waals surface area contributed by atoms with Crippen molar-refractivity contribution in [2.75, 3.05) is 0 Å². The van der Waals surface area contributed by atoms with Crippen LogP contribution in [0.25, 0.3) is 0 Å². The molecule has 0 spiro atoms. The van der Waals surface area contributed by atoms with Gasteiger partial charge in [0.15, 0.2) is 0 Å². The maximum absolute atomic E-state index is 5.59. The number of allylic oxidation sites excluding steroid dienone is 1. The van der Waals surface area contributed by atoms with E-state index in [1.165, 1.54) is 27.8 Å². The predicted molar refractivity (Wildman–Crippen MR) is 58.9 cm³/mol. The van der Waals surface area contributed by atoms with Gasteiger partial charge in [0.2, 0.25) is 0 Å². The quantitative estimate of drug-likeness (QED) is 0.606. The number of ether oxygens (including phenoxy) is 1. The van der Waals surface area contributed by atoms with Gasteiger partial charge in [-0.3, -0.25) is 0 Å². The van der Waals surface area contributed by atoms with Gasteiger partial charge in [-0.2, -0.15) is 0 Å². The van der Waals surface area contributed by atoms with Crippen LogP contribution < -0.4 is 4.74 Å². The lowest BCUT2D eigenvalue weighted by Gasteiger charge is -2.21. The molecule has 0 fully saturated rings. The molecule has 0 aromatic heterocycles. The minimum atomic E-state index is 1.00. The summed E-state index contributed by atoms with van der Waals surface area (Å²) in [7, 11) is 0. The summed E-state index contributed by atoms with van der Waals surface area (Å²) in [5.41, 5.74) is 6.78. The molecule has 1 nitrogen and oxygen atoms in total. The molecule has 2 rings (SSSR count). The Morgan fingerprint density at radius 1 is 0.929 bits per heavy atom. The monoisotopic (exact) mass is 188 g/mol. The van der Waals surface area contributed by atoms with Crippen molar-refractivity contribution in [2.45, 2.75) is 34.1 Å². The van der Waals surface area contributed by atoms with Crippen LogP contribution in [-0.2, 0) is 6.42 Å². The molecule has 1 heterocycles. The minimum absolute atomic E-state index is 1.00. The summed E-state index contributed by atoms with van der Waals surface area (Å²) in [5, 5.41) is 0. The summed E-state index contributed by atoms with van der Waals surface area (Å²) in [5.74, 6) is 1.08. The zero-order chi connectivity index (χ0) is 10.3. The summed E-state index contributed by atoms with van der Waals surface area (Å²) >= 11 is 0. The molecular weight excluding hydrogens is 172 g/mol. The normalized spacial score (nSPS) is 13.7. The molecule has 1 heteroatoms. The fraction of sp³-hybridized carbons (Fsp3) is 0.385. The topological polar surface area (TPSA) is 9.23 Å². The first kappa shape index (κ1) is 9.32. The van der Waals surface area contributed by atoms with E-state index in [1.54, 1.807) is 6.26 Å². The predicted octanol–water partition coefficient (Wildman–Crippen LogP) is 3.37. The highest BCUT2D eigenvalue weighted by Crippen LogP contribution is 2.35. The van der Waals surface area contributed by atoms with Gasteiger partial charge in [0.1, 0.15) is 5.75 Å². The maximum atomic E-state index is 5.59. The number of rotatable bonds is 0. The van der Waals surface area contributed by atoms with Crippen LogP contribution in [0.1, 0.15) is 27.8 Å². The maximum Gasteiger partial charge on any atom is 0.133 e. The Balaban J connectivity index is 2.74. The molecule has 1 aromatic carbocycles. The zero-order valence-electron chi connectivity index (χ0n) is 9.27. The fourth-order valence-corrected chi connectivity index (χ4v) is 2.04. The molecule has 1 aliphatic rings. The van der Waals surface area contributed by atoms with Crippen molar-refractivity contribution in [2.24, 2.45) is 0 Å². The number of fused-ring (bicyclic) bond motifs is 1. The third kappa shape index (κ3) is 1.16. The van der Waals surface area contributed by atoms with Gasteiger partial charge in [0.25, 0.3) is 0 Å². The summed E-state index contributed by atoms with van der Waals surface area (Å²) in [6.07, 6.45) is 4.87. The fourth-order valence-electron chi connectivity index (χ4n) is 2.04. The largest absolute Gasteiger partial charge is 0.465 e. The second kappa shape index (κ2) is 3.16. The van der Waals surface area contributed by atoms with Crippen molar-refractivity contribution < 1.29 is 4.74 Å². The van der Waals surface area contributed by atoms with Gasteiger partial charge in [-0.25, -0.2) is 0 Å². The molecule has 0 saturated heterocycles. The average molecular weight is 188 g/mol. The molecule has 74 valence electrons. The number of hydrogen-bond donors (Lipinski definition) is 0. The molecule has 0 saturated carbocycles. The lowest BCUT2D eigenvalue weighted by Crippen LogP contribution is -2.05. The Morgan fingerprint density at radius 3 is 2.29 bits per heavy atom. The zero-order valence-corrected chi connectivity index (χ0v) is 9.27. The SMILES string of the molecule is Cc1c(C)c(C)c2c(c1C)CC=CO2. The van der Waals surface area contributed by atoms with Crippen molar-refractivity contribution in [1.82, 2.24) is 0 Å². The average Bonchev–Trinajstić information content (AvgIpc) is 2.23. The highest BCUT2D eigenvalue weighted by atomic mass is 16.5. The summed E-state index contributed by atoms with van der Waals surface area (Å²) in [6.45, 7) is 8.68. The minimum Gasteiger partial charge on any atom is -0.465 e. The van der Waals surface area contributed by atoms with Gasteiger partial charge in [0, 0.05) is 5.56 Å². The third-order valence-corrected chi connectivity index (χ3v) is 3.36. The molecule has 0 amide bonds. The first-order chi connectivity index (χ1) is 6.63. The van der Waals surface area contributed by atoms with Crippen LogP contribution in [0.4, 0.5) is 0 Å². The van der Waals surface area contributed by atoms with E-state index < -0.39 is 0 Å². The van der Waals surface area contributed by atoms with Crippen LogP contribution in [-0.4, -0.2) is 0 Å². The van der Waals surface area contributed by atoms with Crippen molar-refractivity contribution >= 4 is 0 Å². The van der Waals surface area contributed by atoms with Gasteiger partial charge in [-0.15, -0.1) is 0 Å². The highest BCUT2D eigenvalue weighted by Gasteiger charge is 2.16. The molecule has 14 heavy (non-hydrogen) atoms. The molecular formula is C13H16O. The van der Waals surface area contributed by atoms with Crippen LogP contribution in [0, 0.1) is 27.7 Å². The molecule has 1 aliphatic heterocycles. The highest BCUT2D eigenvalue weighted by molar-refractivity contribution is 5.55. The van der Waals surface area contributed by atoms with Gasteiger partial charge >= 0.3 is 0 Å². The molecule has 0 bridgehead atoms. The van der Waals surface area contributed by atoms with Crippen molar-refractivity contribution in [3.8, 4) is 5.75 Å². The van der Waals surface area contributed by atoms with E-state index in [2.05, 4.69) is 33.8 Å². The van der Waals surface area contributed by atoms with Gasteiger partial charge in [0.05, 0.1) is 6.26 Å². The molecule has 0 atom stereocenters. The van der Waals surface area contributed by atoms with Crippen LogP contribution in [0.5, 0.6) is 5.75 Å². The van der Waals surface area contributed by atoms with E-state index in [0.29, 0.717) is 0 Å². The lowest BCUT2D eigenvalue weighted by atomic mass is 9.91. The number of hydrogen-bond acceptors (Lipinski definition) is 1. The van der Waals surface area contributed by atoms with E-state index in [-0.39, 0.29) is 0 Å². The van der Waals surface area contributed by atoms with Crippen LogP contribution in [0.2, 0.25) is 0 Å².